The van der Waals surface area contributed by atoms with Crippen molar-refractivity contribution in [2.75, 3.05) is 26.8 Å². The molecule has 0 spiro atoms. The number of nitrogens with zero attached hydrogens (tertiary/aromatic N) is 2. The Morgan fingerprint density at radius 2 is 2.13 bits per heavy atom. The molecule has 2 aromatic rings. The Morgan fingerprint density at radius 3 is 2.78 bits per heavy atom. The fraction of sp³-hybridized carbons (Fsp3) is 0.471. The van der Waals surface area contributed by atoms with Crippen LogP contribution in [0.1, 0.15) is 17.7 Å². The molecule has 0 unspecified atom stereocenters. The summed E-state index contributed by atoms with van der Waals surface area (Å²) >= 11 is 0. The molecule has 23 heavy (non-hydrogen) atoms. The van der Waals surface area contributed by atoms with Crippen LogP contribution in [-0.4, -0.2) is 47.5 Å². The lowest BCUT2D eigenvalue weighted by atomic mass is 10.0. The zero-order chi connectivity index (χ0) is 16.3. The van der Waals surface area contributed by atoms with Crippen LogP contribution in [0.25, 0.3) is 0 Å². The van der Waals surface area contributed by atoms with E-state index in [1.54, 1.807) is 19.2 Å². The topological polar surface area (TPSA) is 50.4 Å². The summed E-state index contributed by atoms with van der Waals surface area (Å²) in [6.07, 6.45) is 2.78. The molecule has 1 aromatic carbocycles. The maximum atomic E-state index is 12.9. The summed E-state index contributed by atoms with van der Waals surface area (Å²) in [5.41, 5.74) is 1.98. The number of halogens is 1. The molecule has 0 aliphatic carbocycles. The molecule has 0 bridgehead atoms. The van der Waals surface area contributed by atoms with Crippen molar-refractivity contribution in [1.82, 2.24) is 15.1 Å². The fourth-order valence-corrected chi connectivity index (χ4v) is 2.93. The summed E-state index contributed by atoms with van der Waals surface area (Å²) in [5.74, 6) is 0.397. The summed E-state index contributed by atoms with van der Waals surface area (Å²) < 4.78 is 24.5. The lowest BCUT2D eigenvalue weighted by Crippen LogP contribution is -2.41. The van der Waals surface area contributed by atoms with Gasteiger partial charge in [0.25, 0.3) is 0 Å². The van der Waals surface area contributed by atoms with Crippen molar-refractivity contribution in [1.29, 1.82) is 0 Å². The third-order valence-corrected chi connectivity index (χ3v) is 4.47. The van der Waals surface area contributed by atoms with Crippen LogP contribution in [0.5, 0.6) is 5.75 Å². The van der Waals surface area contributed by atoms with Crippen molar-refractivity contribution in [2.45, 2.75) is 25.5 Å². The second-order valence-corrected chi connectivity index (χ2v) is 6.11. The number of hydrogen-bond acceptors (Lipinski definition) is 4. The van der Waals surface area contributed by atoms with Crippen LogP contribution in [0.3, 0.4) is 0 Å². The van der Waals surface area contributed by atoms with Crippen molar-refractivity contribution in [3.63, 3.8) is 0 Å². The van der Waals surface area contributed by atoms with Crippen LogP contribution in [0.4, 0.5) is 4.39 Å². The van der Waals surface area contributed by atoms with E-state index in [2.05, 4.69) is 15.1 Å². The second-order valence-electron chi connectivity index (χ2n) is 6.11. The van der Waals surface area contributed by atoms with Gasteiger partial charge in [-0.15, -0.1) is 0 Å². The molecule has 1 aliphatic heterocycles. The lowest BCUT2D eigenvalue weighted by molar-refractivity contribution is -0.0359. The average molecular weight is 319 g/mol. The molecule has 1 aliphatic rings. The second kappa shape index (κ2) is 6.68. The summed E-state index contributed by atoms with van der Waals surface area (Å²) in [6.45, 7) is 5.08. The molecular formula is C17H22FN3O2. The molecule has 5 nitrogen and oxygen atoms in total. The maximum absolute atomic E-state index is 12.9. The van der Waals surface area contributed by atoms with E-state index in [0.717, 1.165) is 31.7 Å². The average Bonchev–Trinajstić information content (AvgIpc) is 3.15. The van der Waals surface area contributed by atoms with Crippen LogP contribution in [-0.2, 0) is 11.3 Å². The minimum Gasteiger partial charge on any atom is -0.491 e. The summed E-state index contributed by atoms with van der Waals surface area (Å²) in [7, 11) is 1.72. The summed E-state index contributed by atoms with van der Waals surface area (Å²) in [6, 6.07) is 6.08. The first kappa shape index (κ1) is 16.0. The number of methoxy groups -OCH3 is 1. The summed E-state index contributed by atoms with van der Waals surface area (Å²) in [5, 5.41) is 7.03. The van der Waals surface area contributed by atoms with Gasteiger partial charge in [-0.2, -0.15) is 5.10 Å². The van der Waals surface area contributed by atoms with Gasteiger partial charge < -0.3 is 9.47 Å². The van der Waals surface area contributed by atoms with E-state index in [9.17, 15) is 4.39 Å². The van der Waals surface area contributed by atoms with Crippen LogP contribution in [0.2, 0.25) is 0 Å². The van der Waals surface area contributed by atoms with Crippen LogP contribution < -0.4 is 4.74 Å². The Hall–Kier alpha value is -1.92. The quantitative estimate of drug-likeness (QED) is 0.889. The van der Waals surface area contributed by atoms with E-state index in [1.165, 1.54) is 17.7 Å². The normalized spacial score (nSPS) is 21.7. The molecule has 3 rings (SSSR count). The van der Waals surface area contributed by atoms with Gasteiger partial charge in [-0.05, 0) is 37.6 Å². The van der Waals surface area contributed by atoms with Gasteiger partial charge in [0.05, 0.1) is 6.20 Å². The molecule has 0 saturated carbocycles. The molecular weight excluding hydrogens is 297 g/mol. The van der Waals surface area contributed by atoms with E-state index in [0.29, 0.717) is 12.4 Å². The van der Waals surface area contributed by atoms with Crippen molar-refractivity contribution in [2.24, 2.45) is 0 Å². The number of ether oxygens (including phenoxy) is 2. The van der Waals surface area contributed by atoms with Gasteiger partial charge in [-0.1, -0.05) is 0 Å². The van der Waals surface area contributed by atoms with E-state index >= 15 is 0 Å². The summed E-state index contributed by atoms with van der Waals surface area (Å²) in [4.78, 5) is 2.34. The van der Waals surface area contributed by atoms with Gasteiger partial charge in [0.1, 0.15) is 23.8 Å². The maximum Gasteiger partial charge on any atom is 0.123 e. The van der Waals surface area contributed by atoms with Gasteiger partial charge in [-0.3, -0.25) is 10.00 Å². The Labute approximate surface area is 135 Å². The molecule has 1 fully saturated rings. The highest BCUT2D eigenvalue weighted by molar-refractivity contribution is 5.22. The largest absolute Gasteiger partial charge is 0.491 e. The predicted molar refractivity (Wildman–Crippen MR) is 84.9 cm³/mol. The van der Waals surface area contributed by atoms with Crippen molar-refractivity contribution in [3.05, 3.63) is 47.5 Å². The molecule has 1 atom stereocenters. The van der Waals surface area contributed by atoms with Gasteiger partial charge in [0, 0.05) is 38.0 Å². The zero-order valence-corrected chi connectivity index (χ0v) is 13.5. The van der Waals surface area contributed by atoms with Crippen LogP contribution >= 0.6 is 0 Å². The highest BCUT2D eigenvalue weighted by Gasteiger charge is 2.39. The highest BCUT2D eigenvalue weighted by Crippen LogP contribution is 2.27. The van der Waals surface area contributed by atoms with Gasteiger partial charge in [0.15, 0.2) is 0 Å². The minimum atomic E-state index is -0.327. The van der Waals surface area contributed by atoms with E-state index in [4.69, 9.17) is 9.47 Å². The Morgan fingerprint density at radius 1 is 1.35 bits per heavy atom. The molecule has 0 radical (unpaired) electrons. The number of aromatic amines is 1. The number of hydrogen-bond donors (Lipinski definition) is 1. The smallest absolute Gasteiger partial charge is 0.123 e. The molecule has 1 aromatic heterocycles. The molecule has 2 heterocycles. The first-order valence-corrected chi connectivity index (χ1v) is 7.75. The van der Waals surface area contributed by atoms with Gasteiger partial charge in [-0.25, -0.2) is 4.39 Å². The highest BCUT2D eigenvalue weighted by atomic mass is 19.1. The van der Waals surface area contributed by atoms with E-state index < -0.39 is 0 Å². The SMILES string of the molecule is CO[C@@]1(COc2ccc(F)cc2)CCN(Cc2cn[nH]c2C)C1. The number of nitrogens with one attached hydrogen (secondary N) is 1. The molecule has 124 valence electrons. The van der Waals surface area contributed by atoms with Crippen molar-refractivity contribution in [3.8, 4) is 5.75 Å². The Bertz CT molecular complexity index is 644. The number of aromatic nitrogens is 2. The standard InChI is InChI=1S/C17H22FN3O2/c1-13-14(9-19-20-13)10-21-8-7-17(11-21,22-2)12-23-16-5-3-15(18)4-6-16/h3-6,9H,7-8,10-12H2,1-2H3,(H,19,20)/t17-/m0/s1. The predicted octanol–water partition coefficient (Wildman–Crippen LogP) is 2.53. The van der Waals surface area contributed by atoms with Crippen molar-refractivity contribution < 1.29 is 13.9 Å². The number of H-pyrrole nitrogens is 1. The van der Waals surface area contributed by atoms with Crippen molar-refractivity contribution >= 4 is 0 Å². The zero-order valence-electron chi connectivity index (χ0n) is 13.5. The Balaban J connectivity index is 1.58. The number of aryl methyl sites for hydroxylation is 1. The van der Waals surface area contributed by atoms with E-state index in [1.807, 2.05) is 13.1 Å². The molecule has 1 saturated heterocycles. The fourth-order valence-electron chi connectivity index (χ4n) is 2.93. The Kier molecular flexibility index (Phi) is 4.63. The van der Waals surface area contributed by atoms with Crippen LogP contribution in [0.15, 0.2) is 30.5 Å². The molecule has 0 amide bonds. The first-order valence-electron chi connectivity index (χ1n) is 7.75. The van der Waals surface area contributed by atoms with Gasteiger partial charge in [0.2, 0.25) is 0 Å². The third-order valence-electron chi connectivity index (χ3n) is 4.47. The lowest BCUT2D eigenvalue weighted by Gasteiger charge is -2.28. The molecule has 1 N–H and O–H groups in total. The number of likely N-dealkylation sites (tertiary alicyclic amines) is 1. The van der Waals surface area contributed by atoms with E-state index in [-0.39, 0.29) is 11.4 Å². The first-order chi connectivity index (χ1) is 11.1. The number of rotatable bonds is 6. The molecule has 6 heteroatoms. The van der Waals surface area contributed by atoms with Gasteiger partial charge >= 0.3 is 0 Å². The third kappa shape index (κ3) is 3.71. The number of benzene rings is 1. The minimum absolute atomic E-state index is 0.263. The monoisotopic (exact) mass is 319 g/mol. The van der Waals surface area contributed by atoms with Crippen LogP contribution in [0, 0.1) is 12.7 Å².